The van der Waals surface area contributed by atoms with E-state index in [2.05, 4.69) is 15.4 Å². The molecule has 0 aliphatic carbocycles. The van der Waals surface area contributed by atoms with Gasteiger partial charge in [0, 0.05) is 25.2 Å². The minimum atomic E-state index is 0.277. The van der Waals surface area contributed by atoms with Crippen molar-refractivity contribution in [2.24, 2.45) is 5.73 Å². The summed E-state index contributed by atoms with van der Waals surface area (Å²) in [4.78, 5) is 4.36. The SMILES string of the molecule is COCCn1cc(Nc2ccnc(C(N)=S)c2)cn1. The Balaban J connectivity index is 2.06. The zero-order chi connectivity index (χ0) is 13.7. The van der Waals surface area contributed by atoms with Gasteiger partial charge in [-0.05, 0) is 12.1 Å². The van der Waals surface area contributed by atoms with Crippen LogP contribution >= 0.6 is 12.2 Å². The van der Waals surface area contributed by atoms with Crippen molar-refractivity contribution in [2.45, 2.75) is 6.54 Å². The van der Waals surface area contributed by atoms with Gasteiger partial charge in [-0.15, -0.1) is 0 Å². The number of rotatable bonds is 6. The van der Waals surface area contributed by atoms with Crippen LogP contribution in [0.15, 0.2) is 30.7 Å². The lowest BCUT2D eigenvalue weighted by Gasteiger charge is -2.04. The summed E-state index contributed by atoms with van der Waals surface area (Å²) in [6.07, 6.45) is 5.31. The fraction of sp³-hybridized carbons (Fsp3) is 0.250. The Morgan fingerprint density at radius 3 is 3.11 bits per heavy atom. The van der Waals surface area contributed by atoms with E-state index in [1.165, 1.54) is 0 Å². The van der Waals surface area contributed by atoms with Gasteiger partial charge in [0.25, 0.3) is 0 Å². The highest BCUT2D eigenvalue weighted by molar-refractivity contribution is 7.80. The van der Waals surface area contributed by atoms with Gasteiger partial charge in [-0.3, -0.25) is 9.67 Å². The molecule has 100 valence electrons. The number of thiocarbonyl (C=S) groups is 1. The third kappa shape index (κ3) is 3.73. The Bertz CT molecular complexity index is 569. The standard InChI is InChI=1S/C12H15N5OS/c1-18-5-4-17-8-10(7-15-17)16-9-2-3-14-11(6-9)12(13)19/h2-3,6-8H,4-5H2,1H3,(H2,13,19)(H,14,16). The third-order valence-electron chi connectivity index (χ3n) is 2.46. The molecule has 0 bridgehead atoms. The maximum Gasteiger partial charge on any atom is 0.122 e. The Morgan fingerprint density at radius 2 is 2.37 bits per heavy atom. The summed E-state index contributed by atoms with van der Waals surface area (Å²) < 4.78 is 6.80. The molecule has 0 spiro atoms. The van der Waals surface area contributed by atoms with Gasteiger partial charge in [0.15, 0.2) is 0 Å². The number of nitrogens with zero attached hydrogens (tertiary/aromatic N) is 3. The van der Waals surface area contributed by atoms with E-state index in [4.69, 9.17) is 22.7 Å². The summed E-state index contributed by atoms with van der Waals surface area (Å²) in [6, 6.07) is 3.64. The topological polar surface area (TPSA) is 78.0 Å². The van der Waals surface area contributed by atoms with Gasteiger partial charge in [-0.25, -0.2) is 0 Å². The number of ether oxygens (including phenoxy) is 1. The number of hydrogen-bond acceptors (Lipinski definition) is 5. The first-order chi connectivity index (χ1) is 9.19. The van der Waals surface area contributed by atoms with Gasteiger partial charge in [-0.2, -0.15) is 5.10 Å². The number of nitrogens with two attached hydrogens (primary N) is 1. The average Bonchev–Trinajstić information content (AvgIpc) is 2.84. The normalized spacial score (nSPS) is 10.4. The van der Waals surface area contributed by atoms with Crippen LogP contribution in [0.1, 0.15) is 5.69 Å². The van der Waals surface area contributed by atoms with E-state index in [0.717, 1.165) is 11.4 Å². The van der Waals surface area contributed by atoms with Crippen molar-refractivity contribution in [3.63, 3.8) is 0 Å². The molecule has 0 fully saturated rings. The van der Waals surface area contributed by atoms with Crippen LogP contribution in [0.2, 0.25) is 0 Å². The molecule has 3 N–H and O–H groups in total. The van der Waals surface area contributed by atoms with Gasteiger partial charge in [-0.1, -0.05) is 12.2 Å². The van der Waals surface area contributed by atoms with Crippen LogP contribution in [0.4, 0.5) is 11.4 Å². The molecule has 2 aromatic heterocycles. The van der Waals surface area contributed by atoms with Gasteiger partial charge in [0.2, 0.25) is 0 Å². The van der Waals surface area contributed by atoms with E-state index < -0.39 is 0 Å². The molecule has 0 amide bonds. The van der Waals surface area contributed by atoms with Gasteiger partial charge in [0.05, 0.1) is 30.7 Å². The summed E-state index contributed by atoms with van der Waals surface area (Å²) in [6.45, 7) is 1.34. The fourth-order valence-corrected chi connectivity index (χ4v) is 1.66. The molecular formula is C12H15N5OS. The first kappa shape index (κ1) is 13.4. The van der Waals surface area contributed by atoms with Crippen LogP contribution in [0.5, 0.6) is 0 Å². The molecule has 0 saturated carbocycles. The van der Waals surface area contributed by atoms with E-state index in [-0.39, 0.29) is 4.99 Å². The Morgan fingerprint density at radius 1 is 1.53 bits per heavy atom. The average molecular weight is 277 g/mol. The first-order valence-corrected chi connectivity index (χ1v) is 6.14. The molecule has 7 heteroatoms. The van der Waals surface area contributed by atoms with Gasteiger partial charge < -0.3 is 15.8 Å². The Hall–Kier alpha value is -1.99. The van der Waals surface area contributed by atoms with Crippen LogP contribution in [0.3, 0.4) is 0 Å². The lowest BCUT2D eigenvalue weighted by atomic mass is 10.3. The van der Waals surface area contributed by atoms with Crippen molar-refractivity contribution in [1.82, 2.24) is 14.8 Å². The lowest BCUT2D eigenvalue weighted by molar-refractivity contribution is 0.183. The molecule has 6 nitrogen and oxygen atoms in total. The highest BCUT2D eigenvalue weighted by atomic mass is 32.1. The van der Waals surface area contributed by atoms with Crippen molar-refractivity contribution >= 4 is 28.6 Å². The zero-order valence-electron chi connectivity index (χ0n) is 10.5. The lowest BCUT2D eigenvalue weighted by Crippen LogP contribution is -2.11. The second kappa shape index (κ2) is 6.26. The minimum absolute atomic E-state index is 0.277. The summed E-state index contributed by atoms with van der Waals surface area (Å²) in [5.74, 6) is 0. The number of aromatic nitrogens is 3. The number of pyridine rings is 1. The molecule has 2 rings (SSSR count). The minimum Gasteiger partial charge on any atom is -0.388 e. The van der Waals surface area contributed by atoms with Crippen molar-refractivity contribution in [3.05, 3.63) is 36.4 Å². The monoisotopic (exact) mass is 277 g/mol. The fourth-order valence-electron chi connectivity index (χ4n) is 1.54. The van der Waals surface area contributed by atoms with Gasteiger partial charge in [0.1, 0.15) is 4.99 Å². The van der Waals surface area contributed by atoms with Crippen molar-refractivity contribution in [1.29, 1.82) is 0 Å². The maximum absolute atomic E-state index is 5.55. The van der Waals surface area contributed by atoms with E-state index in [1.807, 2.05) is 16.9 Å². The van der Waals surface area contributed by atoms with E-state index in [0.29, 0.717) is 18.8 Å². The zero-order valence-corrected chi connectivity index (χ0v) is 11.4. The molecule has 2 aromatic rings. The van der Waals surface area contributed by atoms with Crippen LogP contribution in [-0.4, -0.2) is 33.5 Å². The number of anilines is 2. The molecular weight excluding hydrogens is 262 g/mol. The molecule has 0 aromatic carbocycles. The largest absolute Gasteiger partial charge is 0.388 e. The van der Waals surface area contributed by atoms with Crippen molar-refractivity contribution in [3.8, 4) is 0 Å². The second-order valence-electron chi connectivity index (χ2n) is 3.90. The van der Waals surface area contributed by atoms with Crippen LogP contribution in [0, 0.1) is 0 Å². The van der Waals surface area contributed by atoms with Crippen LogP contribution in [0.25, 0.3) is 0 Å². The van der Waals surface area contributed by atoms with E-state index in [1.54, 1.807) is 25.6 Å². The molecule has 0 aliphatic heterocycles. The van der Waals surface area contributed by atoms with Crippen LogP contribution < -0.4 is 11.1 Å². The summed E-state index contributed by atoms with van der Waals surface area (Å²) in [5.41, 5.74) is 7.89. The molecule has 0 unspecified atom stereocenters. The van der Waals surface area contributed by atoms with Gasteiger partial charge >= 0.3 is 0 Å². The Kier molecular flexibility index (Phi) is 4.43. The van der Waals surface area contributed by atoms with Crippen LogP contribution in [-0.2, 0) is 11.3 Å². The summed E-state index contributed by atoms with van der Waals surface area (Å²) in [7, 11) is 1.66. The number of methoxy groups -OCH3 is 1. The molecule has 2 heterocycles. The molecule has 0 radical (unpaired) electrons. The second-order valence-corrected chi connectivity index (χ2v) is 4.34. The Labute approximate surface area is 116 Å². The maximum atomic E-state index is 5.55. The quantitative estimate of drug-likeness (QED) is 0.775. The van der Waals surface area contributed by atoms with E-state index >= 15 is 0 Å². The molecule has 0 saturated heterocycles. The van der Waals surface area contributed by atoms with E-state index in [9.17, 15) is 0 Å². The third-order valence-corrected chi connectivity index (χ3v) is 2.67. The smallest absolute Gasteiger partial charge is 0.122 e. The molecule has 0 atom stereocenters. The van der Waals surface area contributed by atoms with Crippen molar-refractivity contribution in [2.75, 3.05) is 19.0 Å². The molecule has 0 aliphatic rings. The summed E-state index contributed by atoms with van der Waals surface area (Å²) >= 11 is 4.90. The highest BCUT2D eigenvalue weighted by Gasteiger charge is 2.02. The number of nitrogens with one attached hydrogen (secondary N) is 1. The first-order valence-electron chi connectivity index (χ1n) is 5.73. The highest BCUT2D eigenvalue weighted by Crippen LogP contribution is 2.15. The summed E-state index contributed by atoms with van der Waals surface area (Å²) in [5, 5.41) is 7.43. The number of hydrogen-bond donors (Lipinski definition) is 2. The predicted octanol–water partition coefficient (Wildman–Crippen LogP) is 1.30. The molecule has 19 heavy (non-hydrogen) atoms. The predicted molar refractivity (Wildman–Crippen MR) is 77.5 cm³/mol. The van der Waals surface area contributed by atoms with Crippen molar-refractivity contribution < 1.29 is 4.74 Å².